The van der Waals surface area contributed by atoms with Crippen molar-refractivity contribution in [2.24, 2.45) is 0 Å². The molecule has 0 fully saturated rings. The van der Waals surface area contributed by atoms with E-state index in [2.05, 4.69) is 4.74 Å². The van der Waals surface area contributed by atoms with Gasteiger partial charge in [-0.05, 0) is 30.3 Å². The molecule has 5 nitrogen and oxygen atoms in total. The maximum absolute atomic E-state index is 14.3. The molecule has 0 atom stereocenters. The monoisotopic (exact) mass is 417 g/mol. The molecule has 1 heterocycles. The average molecular weight is 417 g/mol. The van der Waals surface area contributed by atoms with Crippen molar-refractivity contribution in [3.05, 3.63) is 75.3 Å². The van der Waals surface area contributed by atoms with Gasteiger partial charge in [0.15, 0.2) is 5.75 Å². The summed E-state index contributed by atoms with van der Waals surface area (Å²) in [4.78, 5) is 23.0. The third-order valence-corrected chi connectivity index (χ3v) is 4.00. The van der Waals surface area contributed by atoms with Crippen molar-refractivity contribution in [2.45, 2.75) is 12.7 Å². The van der Waals surface area contributed by atoms with Gasteiger partial charge in [0.2, 0.25) is 5.43 Å². The van der Waals surface area contributed by atoms with Gasteiger partial charge in [-0.15, -0.1) is 0 Å². The number of fused-ring (bicyclic) bond motifs is 1. The molecular formula is C18H9F6NO4. The van der Waals surface area contributed by atoms with Crippen LogP contribution in [0.1, 0.15) is 11.1 Å². The lowest BCUT2D eigenvalue weighted by molar-refractivity contribution is -0.137. The Bertz CT molecular complexity index is 1190. The predicted octanol–water partition coefficient (Wildman–Crippen LogP) is 4.54. The van der Waals surface area contributed by atoms with Crippen LogP contribution in [0.3, 0.4) is 0 Å². The van der Waals surface area contributed by atoms with Crippen LogP contribution in [0.15, 0.2) is 41.3 Å². The summed E-state index contributed by atoms with van der Waals surface area (Å²) >= 11 is 0. The fourth-order valence-corrected chi connectivity index (χ4v) is 2.77. The minimum Gasteiger partial charge on any atom is -0.449 e. The van der Waals surface area contributed by atoms with Gasteiger partial charge < -0.3 is 14.4 Å². The normalized spacial score (nSPS) is 11.7. The molecule has 152 valence electrons. The number of nitrogens with zero attached hydrogens (tertiary/aromatic N) is 1. The van der Waals surface area contributed by atoms with Crippen molar-refractivity contribution in [1.29, 1.82) is 0 Å². The van der Waals surface area contributed by atoms with Crippen LogP contribution in [0.4, 0.5) is 31.1 Å². The molecule has 0 saturated heterocycles. The van der Waals surface area contributed by atoms with E-state index >= 15 is 0 Å². The van der Waals surface area contributed by atoms with Crippen LogP contribution in [-0.4, -0.2) is 15.8 Å². The second kappa shape index (κ2) is 7.15. The Kier molecular flexibility index (Phi) is 4.99. The number of benzene rings is 2. The first-order valence-corrected chi connectivity index (χ1v) is 7.76. The Hall–Kier alpha value is -3.50. The first kappa shape index (κ1) is 20.2. The molecule has 0 amide bonds. The Labute approximate surface area is 157 Å². The van der Waals surface area contributed by atoms with Crippen LogP contribution in [0, 0.1) is 17.5 Å². The van der Waals surface area contributed by atoms with Crippen molar-refractivity contribution < 1.29 is 41.0 Å². The summed E-state index contributed by atoms with van der Waals surface area (Å²) < 4.78 is 86.2. The van der Waals surface area contributed by atoms with Gasteiger partial charge in [-0.1, -0.05) is 0 Å². The Balaban J connectivity index is 2.27. The fourth-order valence-electron chi connectivity index (χ4n) is 2.77. The van der Waals surface area contributed by atoms with Crippen molar-refractivity contribution in [3.63, 3.8) is 0 Å². The quantitative estimate of drug-likeness (QED) is 0.502. The van der Waals surface area contributed by atoms with Gasteiger partial charge in [0, 0.05) is 5.56 Å². The van der Waals surface area contributed by atoms with Crippen LogP contribution in [0.5, 0.6) is 5.75 Å². The first-order chi connectivity index (χ1) is 13.5. The smallest absolute Gasteiger partial charge is 0.449 e. The van der Waals surface area contributed by atoms with Crippen molar-refractivity contribution in [1.82, 2.24) is 4.57 Å². The van der Waals surface area contributed by atoms with E-state index in [1.165, 1.54) is 0 Å². The average Bonchev–Trinajstić information content (AvgIpc) is 2.61. The molecule has 0 aliphatic carbocycles. The minimum absolute atomic E-state index is 0.466. The summed E-state index contributed by atoms with van der Waals surface area (Å²) in [5.41, 5.74) is -3.73. The highest BCUT2D eigenvalue weighted by Gasteiger charge is 2.31. The molecule has 0 bridgehead atoms. The van der Waals surface area contributed by atoms with Gasteiger partial charge in [-0.25, -0.2) is 18.0 Å². The summed E-state index contributed by atoms with van der Waals surface area (Å²) in [6, 6.07) is 2.79. The standard InChI is InChI=1S/C18H9F6NO4/c19-10-2-1-9(18(22,23)24)5-8(10)6-25-7-13(29-17(27)28)16(26)14-11(20)3-4-12(21)15(14)25/h1-5,7H,6H2,(H,27,28). The Morgan fingerprint density at radius 1 is 1.03 bits per heavy atom. The summed E-state index contributed by atoms with van der Waals surface area (Å²) in [7, 11) is 0. The number of ether oxygens (including phenoxy) is 1. The van der Waals surface area contributed by atoms with E-state index in [4.69, 9.17) is 5.11 Å². The highest BCUT2D eigenvalue weighted by molar-refractivity contribution is 5.82. The number of carboxylic acid groups (broad SMARTS) is 1. The zero-order valence-electron chi connectivity index (χ0n) is 14.1. The Morgan fingerprint density at radius 3 is 2.28 bits per heavy atom. The molecule has 3 rings (SSSR count). The predicted molar refractivity (Wildman–Crippen MR) is 87.3 cm³/mol. The van der Waals surface area contributed by atoms with Crippen LogP contribution in [0.25, 0.3) is 10.9 Å². The van der Waals surface area contributed by atoms with Crippen LogP contribution in [0.2, 0.25) is 0 Å². The molecule has 11 heteroatoms. The molecule has 2 aromatic carbocycles. The Morgan fingerprint density at radius 2 is 1.66 bits per heavy atom. The third-order valence-electron chi connectivity index (χ3n) is 4.00. The maximum Gasteiger partial charge on any atom is 0.511 e. The molecule has 0 aliphatic heterocycles. The second-order valence-corrected chi connectivity index (χ2v) is 5.88. The number of halogens is 6. The summed E-state index contributed by atoms with van der Waals surface area (Å²) in [6.45, 7) is -0.775. The number of rotatable bonds is 3. The summed E-state index contributed by atoms with van der Waals surface area (Å²) in [5.74, 6) is -4.36. The van der Waals surface area contributed by atoms with E-state index in [9.17, 15) is 35.9 Å². The van der Waals surface area contributed by atoms with Crippen LogP contribution < -0.4 is 10.2 Å². The molecular weight excluding hydrogens is 408 g/mol. The van der Waals surface area contributed by atoms with Crippen LogP contribution >= 0.6 is 0 Å². The maximum atomic E-state index is 14.3. The SMILES string of the molecule is O=C(O)Oc1cn(Cc2cc(C(F)(F)F)ccc2F)c2c(F)ccc(F)c2c1=O. The minimum atomic E-state index is -4.79. The van der Waals surface area contributed by atoms with E-state index < -0.39 is 69.5 Å². The lowest BCUT2D eigenvalue weighted by Gasteiger charge is -2.15. The second-order valence-electron chi connectivity index (χ2n) is 5.88. The van der Waals surface area contributed by atoms with Gasteiger partial charge in [-0.3, -0.25) is 4.79 Å². The lowest BCUT2D eigenvalue weighted by Crippen LogP contribution is -2.19. The van der Waals surface area contributed by atoms with Gasteiger partial charge in [-0.2, -0.15) is 13.2 Å². The summed E-state index contributed by atoms with van der Waals surface area (Å²) in [6.07, 6.45) is -6.07. The number of hydrogen-bond acceptors (Lipinski definition) is 3. The molecule has 1 N–H and O–H groups in total. The molecule has 0 aliphatic rings. The first-order valence-electron chi connectivity index (χ1n) is 7.76. The number of aromatic nitrogens is 1. The number of hydrogen-bond donors (Lipinski definition) is 1. The molecule has 0 saturated carbocycles. The van der Waals surface area contributed by atoms with E-state index in [0.717, 1.165) is 0 Å². The zero-order valence-corrected chi connectivity index (χ0v) is 14.1. The fraction of sp³-hybridized carbons (Fsp3) is 0.111. The van der Waals surface area contributed by atoms with E-state index in [-0.39, 0.29) is 0 Å². The number of pyridine rings is 1. The third kappa shape index (κ3) is 3.89. The van der Waals surface area contributed by atoms with Gasteiger partial charge in [0.25, 0.3) is 0 Å². The van der Waals surface area contributed by atoms with Crippen LogP contribution in [-0.2, 0) is 12.7 Å². The molecule has 0 radical (unpaired) electrons. The molecule has 0 spiro atoms. The van der Waals surface area contributed by atoms with E-state index in [1.807, 2.05) is 0 Å². The molecule has 3 aromatic rings. The highest BCUT2D eigenvalue weighted by Crippen LogP contribution is 2.31. The van der Waals surface area contributed by atoms with Crippen molar-refractivity contribution in [3.8, 4) is 5.75 Å². The summed E-state index contributed by atoms with van der Waals surface area (Å²) in [5, 5.41) is 7.82. The largest absolute Gasteiger partial charge is 0.511 e. The zero-order chi connectivity index (χ0) is 21.5. The lowest BCUT2D eigenvalue weighted by atomic mass is 10.1. The molecule has 0 unspecified atom stereocenters. The molecule has 29 heavy (non-hydrogen) atoms. The van der Waals surface area contributed by atoms with Crippen molar-refractivity contribution in [2.75, 3.05) is 0 Å². The molecule has 1 aromatic heterocycles. The number of alkyl halides is 3. The van der Waals surface area contributed by atoms with Gasteiger partial charge in [0.1, 0.15) is 17.5 Å². The number of carbonyl (C=O) groups is 1. The van der Waals surface area contributed by atoms with Gasteiger partial charge in [0.05, 0.1) is 29.2 Å². The van der Waals surface area contributed by atoms with Crippen molar-refractivity contribution >= 4 is 17.1 Å². The topological polar surface area (TPSA) is 68.5 Å². The highest BCUT2D eigenvalue weighted by atomic mass is 19.4. The van der Waals surface area contributed by atoms with Gasteiger partial charge >= 0.3 is 12.3 Å². The van der Waals surface area contributed by atoms with E-state index in [1.54, 1.807) is 0 Å². The van der Waals surface area contributed by atoms with E-state index in [0.29, 0.717) is 41.1 Å².